The Hall–Kier alpha value is -2.76. The molecule has 37 heavy (non-hydrogen) atoms. The maximum Gasteiger partial charge on any atom is 0.305 e. The molecule has 1 fully saturated rings. The zero-order valence-electron chi connectivity index (χ0n) is 23.1. The van der Waals surface area contributed by atoms with Crippen molar-refractivity contribution in [1.82, 2.24) is 0 Å². The third kappa shape index (κ3) is 8.65. The Kier molecular flexibility index (Phi) is 10.4. The van der Waals surface area contributed by atoms with Crippen LogP contribution in [0.25, 0.3) is 0 Å². The van der Waals surface area contributed by atoms with Crippen molar-refractivity contribution in [2.24, 2.45) is 4.99 Å². The highest BCUT2D eigenvalue weighted by atomic mass is 28.4. The van der Waals surface area contributed by atoms with E-state index in [0.29, 0.717) is 5.75 Å². The van der Waals surface area contributed by atoms with Crippen LogP contribution < -0.4 is 4.74 Å². The third-order valence-corrected chi connectivity index (χ3v) is 10.9. The third-order valence-electron chi connectivity index (χ3n) is 6.43. The molecular formula is C26H39NO9Si. The van der Waals surface area contributed by atoms with E-state index in [1.165, 1.54) is 27.0 Å². The first kappa shape index (κ1) is 30.5. The maximum absolute atomic E-state index is 12.1. The lowest BCUT2D eigenvalue weighted by Crippen LogP contribution is -2.62. The Morgan fingerprint density at radius 2 is 1.49 bits per heavy atom. The van der Waals surface area contributed by atoms with Crippen molar-refractivity contribution in [2.75, 3.05) is 13.7 Å². The molecule has 1 aliphatic heterocycles. The van der Waals surface area contributed by atoms with Crippen molar-refractivity contribution in [3.63, 3.8) is 0 Å². The fourth-order valence-electron chi connectivity index (χ4n) is 3.47. The quantitative estimate of drug-likeness (QED) is 0.201. The number of methoxy groups -OCH3 is 1. The molecule has 0 radical (unpaired) electrons. The normalized spacial score (nSPS) is 24.4. The van der Waals surface area contributed by atoms with Gasteiger partial charge in [-0.25, -0.2) is 0 Å². The van der Waals surface area contributed by atoms with Gasteiger partial charge in [0.25, 0.3) is 0 Å². The molecule has 206 valence electrons. The zero-order valence-corrected chi connectivity index (χ0v) is 24.1. The number of esters is 3. The summed E-state index contributed by atoms with van der Waals surface area (Å²) in [6, 6.07) is 6.09. The molecule has 1 saturated heterocycles. The van der Waals surface area contributed by atoms with Gasteiger partial charge in [-0.2, -0.15) is 0 Å². The SMILES string of the molecule is COc1ccc(/C=N/C2C(OC(C)=O)[C@H](OC(C)=O)C(CO[Si](C)(C)C(C)(C)C)O[C@H]2OC(C)=O)cc1. The summed E-state index contributed by atoms with van der Waals surface area (Å²) in [6.07, 6.45) is -2.69. The van der Waals surface area contributed by atoms with E-state index in [1.54, 1.807) is 31.4 Å². The number of hydrogen-bond donors (Lipinski definition) is 0. The topological polar surface area (TPSA) is 119 Å². The molecule has 0 N–H and O–H groups in total. The number of ether oxygens (including phenoxy) is 5. The Balaban J connectivity index is 2.47. The first-order chi connectivity index (χ1) is 17.1. The van der Waals surface area contributed by atoms with Gasteiger partial charge in [-0.3, -0.25) is 19.4 Å². The molecule has 11 heteroatoms. The highest BCUT2D eigenvalue weighted by Crippen LogP contribution is 2.38. The number of carbonyl (C=O) groups is 3. The first-order valence-electron chi connectivity index (χ1n) is 12.1. The smallest absolute Gasteiger partial charge is 0.305 e. The zero-order chi connectivity index (χ0) is 28.0. The molecule has 1 heterocycles. The summed E-state index contributed by atoms with van der Waals surface area (Å²) >= 11 is 0. The van der Waals surface area contributed by atoms with Gasteiger partial charge in [-0.05, 0) is 48.0 Å². The Morgan fingerprint density at radius 3 is 1.97 bits per heavy atom. The molecule has 2 rings (SSSR count). The largest absolute Gasteiger partial charge is 0.497 e. The van der Waals surface area contributed by atoms with Crippen LogP contribution in [-0.4, -0.2) is 76.8 Å². The second-order valence-corrected chi connectivity index (χ2v) is 15.2. The Bertz CT molecular complexity index is 971. The standard InChI is InChI=1S/C26H39NO9Si/c1-16(28)33-23-21(15-32-37(8,9)26(4,5)6)36-25(35-18(3)30)22(24(23)34-17(2)29)27-14-19-10-12-20(31-7)13-11-19/h10-14,21-25H,15H2,1-9H3/b27-14+/t21?,22?,23-,24?,25-/m1/s1. The van der Waals surface area contributed by atoms with Gasteiger partial charge in [0.1, 0.15) is 11.9 Å². The summed E-state index contributed by atoms with van der Waals surface area (Å²) in [6.45, 7) is 14.2. The Morgan fingerprint density at radius 1 is 0.946 bits per heavy atom. The second-order valence-electron chi connectivity index (χ2n) is 10.4. The second kappa shape index (κ2) is 12.7. The van der Waals surface area contributed by atoms with Gasteiger partial charge in [0.05, 0.1) is 13.7 Å². The minimum atomic E-state index is -2.23. The van der Waals surface area contributed by atoms with E-state index in [4.69, 9.17) is 28.1 Å². The summed E-state index contributed by atoms with van der Waals surface area (Å²) in [5.41, 5.74) is 0.719. The van der Waals surface area contributed by atoms with Crippen LogP contribution in [0.5, 0.6) is 5.75 Å². The molecule has 10 nitrogen and oxygen atoms in total. The molecule has 1 aliphatic rings. The van der Waals surface area contributed by atoms with Gasteiger partial charge in [0.2, 0.25) is 6.29 Å². The fourth-order valence-corrected chi connectivity index (χ4v) is 4.49. The van der Waals surface area contributed by atoms with Gasteiger partial charge in [0, 0.05) is 27.0 Å². The van der Waals surface area contributed by atoms with E-state index >= 15 is 0 Å². The molecule has 5 atom stereocenters. The Labute approximate surface area is 219 Å². The van der Waals surface area contributed by atoms with Crippen molar-refractivity contribution < 1.29 is 42.5 Å². The molecule has 3 unspecified atom stereocenters. The predicted octanol–water partition coefficient (Wildman–Crippen LogP) is 3.66. The van der Waals surface area contributed by atoms with Gasteiger partial charge < -0.3 is 28.1 Å². The lowest BCUT2D eigenvalue weighted by Gasteiger charge is -2.44. The summed E-state index contributed by atoms with van der Waals surface area (Å²) in [5, 5.41) is -0.0889. The molecule has 1 aromatic rings. The number of carbonyl (C=O) groups excluding carboxylic acids is 3. The van der Waals surface area contributed by atoms with Crippen molar-refractivity contribution >= 4 is 32.4 Å². The first-order valence-corrected chi connectivity index (χ1v) is 15.0. The minimum Gasteiger partial charge on any atom is -0.497 e. The van der Waals surface area contributed by atoms with E-state index < -0.39 is 56.9 Å². The number of hydrogen-bond acceptors (Lipinski definition) is 10. The van der Waals surface area contributed by atoms with E-state index in [-0.39, 0.29) is 11.6 Å². The van der Waals surface area contributed by atoms with E-state index in [0.717, 1.165) is 5.56 Å². The van der Waals surface area contributed by atoms with Crippen LogP contribution >= 0.6 is 0 Å². The molecule has 1 aromatic carbocycles. The van der Waals surface area contributed by atoms with Crippen LogP contribution in [-0.2, 0) is 37.8 Å². The number of benzene rings is 1. The molecule has 0 spiro atoms. The van der Waals surface area contributed by atoms with Gasteiger partial charge >= 0.3 is 17.9 Å². The maximum atomic E-state index is 12.1. The van der Waals surface area contributed by atoms with Crippen molar-refractivity contribution in [3.05, 3.63) is 29.8 Å². The average molecular weight is 538 g/mol. The van der Waals surface area contributed by atoms with Crippen LogP contribution in [0.2, 0.25) is 18.1 Å². The monoisotopic (exact) mass is 537 g/mol. The van der Waals surface area contributed by atoms with Crippen LogP contribution in [0.15, 0.2) is 29.3 Å². The van der Waals surface area contributed by atoms with Gasteiger partial charge in [-0.15, -0.1) is 0 Å². The van der Waals surface area contributed by atoms with E-state index in [1.807, 2.05) is 0 Å². The van der Waals surface area contributed by atoms with Gasteiger partial charge in [0.15, 0.2) is 26.6 Å². The van der Waals surface area contributed by atoms with Gasteiger partial charge in [-0.1, -0.05) is 20.8 Å². The van der Waals surface area contributed by atoms with E-state index in [2.05, 4.69) is 38.9 Å². The van der Waals surface area contributed by atoms with Crippen LogP contribution in [0.3, 0.4) is 0 Å². The number of rotatable bonds is 9. The highest BCUT2D eigenvalue weighted by molar-refractivity contribution is 6.74. The van der Waals surface area contributed by atoms with Crippen molar-refractivity contribution in [3.8, 4) is 5.75 Å². The van der Waals surface area contributed by atoms with Crippen LogP contribution in [0.1, 0.15) is 47.1 Å². The number of nitrogens with zero attached hydrogens (tertiary/aromatic N) is 1. The van der Waals surface area contributed by atoms with Crippen molar-refractivity contribution in [1.29, 1.82) is 0 Å². The molecule has 0 bridgehead atoms. The van der Waals surface area contributed by atoms with Crippen molar-refractivity contribution in [2.45, 2.75) is 90.3 Å². The summed E-state index contributed by atoms with van der Waals surface area (Å²) in [7, 11) is -0.661. The molecule has 0 aromatic heterocycles. The summed E-state index contributed by atoms with van der Waals surface area (Å²) in [4.78, 5) is 40.7. The summed E-state index contributed by atoms with van der Waals surface area (Å²) < 4.78 is 34.3. The highest BCUT2D eigenvalue weighted by Gasteiger charge is 2.52. The molecular weight excluding hydrogens is 498 g/mol. The molecule has 0 saturated carbocycles. The fraction of sp³-hybridized carbons (Fsp3) is 0.615. The summed E-state index contributed by atoms with van der Waals surface area (Å²) in [5.74, 6) is -1.13. The molecule has 0 aliphatic carbocycles. The minimum absolute atomic E-state index is 0.0406. The lowest BCUT2D eigenvalue weighted by atomic mass is 9.96. The lowest BCUT2D eigenvalue weighted by molar-refractivity contribution is -0.264. The predicted molar refractivity (Wildman–Crippen MR) is 139 cm³/mol. The van der Waals surface area contributed by atoms with Crippen LogP contribution in [0, 0.1) is 0 Å². The average Bonchev–Trinajstić information content (AvgIpc) is 2.77. The van der Waals surface area contributed by atoms with Crippen LogP contribution in [0.4, 0.5) is 0 Å². The molecule has 0 amide bonds. The number of aliphatic imine (C=N–C) groups is 1. The van der Waals surface area contributed by atoms with E-state index in [9.17, 15) is 14.4 Å².